The second-order valence-electron chi connectivity index (χ2n) is 4.45. The molecule has 5 heteroatoms. The van der Waals surface area contributed by atoms with Crippen molar-refractivity contribution in [1.29, 1.82) is 0 Å². The van der Waals surface area contributed by atoms with E-state index in [1.165, 1.54) is 14.2 Å². The van der Waals surface area contributed by atoms with E-state index in [1.54, 1.807) is 24.3 Å². The second-order valence-corrected chi connectivity index (χ2v) is 4.45. The first kappa shape index (κ1) is 15.0. The Bertz CT molecular complexity index is 457. The van der Waals surface area contributed by atoms with Gasteiger partial charge >= 0.3 is 5.97 Å². The van der Waals surface area contributed by atoms with E-state index in [0.717, 1.165) is 0 Å². The number of methoxy groups -OCH3 is 2. The van der Waals surface area contributed by atoms with E-state index in [-0.39, 0.29) is 11.8 Å². The summed E-state index contributed by atoms with van der Waals surface area (Å²) in [7, 11) is 2.83. The molecule has 19 heavy (non-hydrogen) atoms. The maximum atomic E-state index is 12.1. The van der Waals surface area contributed by atoms with Gasteiger partial charge in [-0.05, 0) is 24.1 Å². The van der Waals surface area contributed by atoms with Crippen molar-refractivity contribution in [1.82, 2.24) is 5.32 Å². The molecule has 1 rings (SSSR count). The van der Waals surface area contributed by atoms with Crippen molar-refractivity contribution < 1.29 is 19.1 Å². The molecule has 0 aliphatic heterocycles. The number of benzene rings is 1. The molecule has 1 aromatic carbocycles. The maximum absolute atomic E-state index is 12.1. The maximum Gasteiger partial charge on any atom is 0.328 e. The number of carbonyl (C=O) groups excluding carboxylic acids is 2. The molecule has 1 amide bonds. The van der Waals surface area contributed by atoms with Crippen molar-refractivity contribution in [3.8, 4) is 5.75 Å². The minimum absolute atomic E-state index is 0.0537. The van der Waals surface area contributed by atoms with Gasteiger partial charge in [0.05, 0.1) is 14.2 Å². The Morgan fingerprint density at radius 2 is 1.89 bits per heavy atom. The molecule has 0 radical (unpaired) electrons. The Balaban J connectivity index is 2.84. The van der Waals surface area contributed by atoms with Gasteiger partial charge in [0.2, 0.25) is 0 Å². The monoisotopic (exact) mass is 265 g/mol. The molecule has 0 aliphatic carbocycles. The Morgan fingerprint density at radius 3 is 2.42 bits per heavy atom. The molecule has 0 spiro atoms. The molecule has 0 aromatic heterocycles. The third-order valence-electron chi connectivity index (χ3n) is 2.74. The van der Waals surface area contributed by atoms with E-state index >= 15 is 0 Å². The van der Waals surface area contributed by atoms with Gasteiger partial charge in [0, 0.05) is 5.56 Å². The zero-order valence-corrected chi connectivity index (χ0v) is 11.6. The van der Waals surface area contributed by atoms with Crippen molar-refractivity contribution in [2.75, 3.05) is 14.2 Å². The number of ether oxygens (including phenoxy) is 2. The highest BCUT2D eigenvalue weighted by Crippen LogP contribution is 2.13. The van der Waals surface area contributed by atoms with Crippen molar-refractivity contribution in [2.45, 2.75) is 19.9 Å². The van der Waals surface area contributed by atoms with Crippen LogP contribution in [-0.4, -0.2) is 32.1 Å². The normalized spacial score (nSPS) is 11.8. The number of hydrogen-bond acceptors (Lipinski definition) is 4. The number of esters is 1. The Kier molecular flexibility index (Phi) is 5.36. The molecule has 1 N–H and O–H groups in total. The average Bonchev–Trinajstić information content (AvgIpc) is 2.43. The predicted octanol–water partition coefficient (Wildman–Crippen LogP) is 1.62. The van der Waals surface area contributed by atoms with Crippen LogP contribution >= 0.6 is 0 Å². The zero-order chi connectivity index (χ0) is 14.4. The van der Waals surface area contributed by atoms with Gasteiger partial charge < -0.3 is 14.8 Å². The first-order chi connectivity index (χ1) is 8.99. The lowest BCUT2D eigenvalue weighted by Gasteiger charge is -2.19. The number of amides is 1. The van der Waals surface area contributed by atoms with Crippen LogP contribution in [-0.2, 0) is 9.53 Å². The number of rotatable bonds is 5. The third-order valence-corrected chi connectivity index (χ3v) is 2.74. The van der Waals surface area contributed by atoms with Crippen molar-refractivity contribution in [3.63, 3.8) is 0 Å². The molecule has 104 valence electrons. The van der Waals surface area contributed by atoms with Crippen LogP contribution in [0.4, 0.5) is 0 Å². The summed E-state index contributed by atoms with van der Waals surface area (Å²) in [5.41, 5.74) is 0.439. The first-order valence-electron chi connectivity index (χ1n) is 6.02. The quantitative estimate of drug-likeness (QED) is 0.822. The highest BCUT2D eigenvalue weighted by atomic mass is 16.5. The van der Waals surface area contributed by atoms with E-state index in [2.05, 4.69) is 10.1 Å². The van der Waals surface area contributed by atoms with Crippen LogP contribution in [0.1, 0.15) is 24.2 Å². The largest absolute Gasteiger partial charge is 0.497 e. The van der Waals surface area contributed by atoms with Gasteiger partial charge in [-0.2, -0.15) is 0 Å². The summed E-state index contributed by atoms with van der Waals surface area (Å²) in [6, 6.07) is 6.08. The fraction of sp³-hybridized carbons (Fsp3) is 0.429. The van der Waals surface area contributed by atoms with Crippen LogP contribution in [0.2, 0.25) is 0 Å². The summed E-state index contributed by atoms with van der Waals surface area (Å²) in [4.78, 5) is 23.7. The third kappa shape index (κ3) is 3.98. The van der Waals surface area contributed by atoms with Gasteiger partial charge in [-0.3, -0.25) is 4.79 Å². The number of nitrogens with one attached hydrogen (secondary N) is 1. The fourth-order valence-corrected chi connectivity index (χ4v) is 1.61. The summed E-state index contributed by atoms with van der Waals surface area (Å²) < 4.78 is 9.73. The van der Waals surface area contributed by atoms with Gasteiger partial charge in [0.1, 0.15) is 11.8 Å². The number of hydrogen-bond donors (Lipinski definition) is 1. The van der Waals surface area contributed by atoms with Crippen LogP contribution in [0.3, 0.4) is 0 Å². The van der Waals surface area contributed by atoms with E-state index < -0.39 is 12.0 Å². The second kappa shape index (κ2) is 6.78. The first-order valence-corrected chi connectivity index (χ1v) is 6.02. The molecule has 0 saturated heterocycles. The molecule has 1 unspecified atom stereocenters. The summed E-state index contributed by atoms with van der Waals surface area (Å²) in [6.07, 6.45) is 0. The Labute approximate surface area is 112 Å². The zero-order valence-electron chi connectivity index (χ0n) is 11.6. The van der Waals surface area contributed by atoms with E-state index in [0.29, 0.717) is 11.3 Å². The molecular formula is C14H19NO4. The molecule has 5 nitrogen and oxygen atoms in total. The summed E-state index contributed by atoms with van der Waals surface area (Å²) in [5, 5.41) is 2.67. The molecule has 1 atom stereocenters. The van der Waals surface area contributed by atoms with Crippen LogP contribution in [0, 0.1) is 5.92 Å². The van der Waals surface area contributed by atoms with Crippen LogP contribution in [0.25, 0.3) is 0 Å². The van der Waals surface area contributed by atoms with Crippen molar-refractivity contribution in [2.24, 2.45) is 5.92 Å². The van der Waals surface area contributed by atoms with Crippen LogP contribution in [0.5, 0.6) is 5.75 Å². The Hall–Kier alpha value is -2.04. The van der Waals surface area contributed by atoms with Gasteiger partial charge in [-0.15, -0.1) is 0 Å². The lowest BCUT2D eigenvalue weighted by atomic mass is 10.0. The van der Waals surface area contributed by atoms with E-state index in [9.17, 15) is 9.59 Å². The van der Waals surface area contributed by atoms with Gasteiger partial charge in [0.25, 0.3) is 5.91 Å². The summed E-state index contributed by atoms with van der Waals surface area (Å²) in [6.45, 7) is 3.68. The molecule has 0 fully saturated rings. The minimum Gasteiger partial charge on any atom is -0.497 e. The molecular weight excluding hydrogens is 246 g/mol. The highest BCUT2D eigenvalue weighted by molar-refractivity contribution is 5.97. The van der Waals surface area contributed by atoms with Crippen LogP contribution < -0.4 is 10.1 Å². The standard InChI is InChI=1S/C14H19NO4/c1-9(2)12(14(17)19-4)15-13(16)10-6-5-7-11(8-10)18-3/h5-9,12H,1-4H3,(H,15,16). The van der Waals surface area contributed by atoms with Crippen molar-refractivity contribution in [3.05, 3.63) is 29.8 Å². The molecule has 1 aromatic rings. The lowest BCUT2D eigenvalue weighted by Crippen LogP contribution is -2.45. The van der Waals surface area contributed by atoms with E-state index in [4.69, 9.17) is 4.74 Å². The summed E-state index contributed by atoms with van der Waals surface area (Å²) >= 11 is 0. The average molecular weight is 265 g/mol. The van der Waals surface area contributed by atoms with E-state index in [1.807, 2.05) is 13.8 Å². The molecule has 0 heterocycles. The SMILES string of the molecule is COC(=O)C(NC(=O)c1cccc(OC)c1)C(C)C. The summed E-state index contributed by atoms with van der Waals surface area (Å²) in [5.74, 6) is -0.247. The number of carbonyl (C=O) groups is 2. The lowest BCUT2D eigenvalue weighted by molar-refractivity contribution is -0.144. The smallest absolute Gasteiger partial charge is 0.328 e. The Morgan fingerprint density at radius 1 is 1.21 bits per heavy atom. The predicted molar refractivity (Wildman–Crippen MR) is 71.1 cm³/mol. The molecule has 0 saturated carbocycles. The van der Waals surface area contributed by atoms with Gasteiger partial charge in [-0.25, -0.2) is 4.79 Å². The highest BCUT2D eigenvalue weighted by Gasteiger charge is 2.25. The molecule has 0 bridgehead atoms. The van der Waals surface area contributed by atoms with Crippen LogP contribution in [0.15, 0.2) is 24.3 Å². The minimum atomic E-state index is -0.663. The van der Waals surface area contributed by atoms with Gasteiger partial charge in [-0.1, -0.05) is 19.9 Å². The van der Waals surface area contributed by atoms with Crippen molar-refractivity contribution >= 4 is 11.9 Å². The van der Waals surface area contributed by atoms with Gasteiger partial charge in [0.15, 0.2) is 0 Å². The fourth-order valence-electron chi connectivity index (χ4n) is 1.61. The topological polar surface area (TPSA) is 64.6 Å². The molecule has 0 aliphatic rings.